The van der Waals surface area contributed by atoms with Crippen molar-refractivity contribution in [3.8, 4) is 0 Å². The maximum atomic E-state index is 11.7. The first-order chi connectivity index (χ1) is 6.59. The first kappa shape index (κ1) is 9.97. The lowest BCUT2D eigenvalue weighted by molar-refractivity contribution is -0.131. The van der Waals surface area contributed by atoms with E-state index in [0.717, 1.165) is 25.7 Å². The molecule has 3 heteroatoms. The summed E-state index contributed by atoms with van der Waals surface area (Å²) in [6, 6.07) is -0.00407. The molecule has 0 unspecified atom stereocenters. The number of carbonyl (C=O) groups is 1. The molecular weight excluding hydrogens is 178 g/mol. The van der Waals surface area contributed by atoms with Crippen LogP contribution in [0.2, 0.25) is 0 Å². The fourth-order valence-electron chi connectivity index (χ4n) is 2.41. The number of rotatable bonds is 2. The van der Waals surface area contributed by atoms with Gasteiger partial charge in [0.05, 0.1) is 11.6 Å². The second-order valence-corrected chi connectivity index (χ2v) is 4.94. The predicted molar refractivity (Wildman–Crippen MR) is 53.7 cm³/mol. The van der Waals surface area contributed by atoms with Crippen LogP contribution >= 0.6 is 0 Å². The molecule has 14 heavy (non-hydrogen) atoms. The molecular formula is C11H19NO2. The molecule has 1 amide bonds. The SMILES string of the molecule is C[C@@]1(O)CC[C@H]1NC(=O)C1CCCC1. The Morgan fingerprint density at radius 2 is 2.00 bits per heavy atom. The highest BCUT2D eigenvalue weighted by Gasteiger charge is 2.42. The van der Waals surface area contributed by atoms with Gasteiger partial charge in [0.15, 0.2) is 0 Å². The zero-order valence-electron chi connectivity index (χ0n) is 8.75. The van der Waals surface area contributed by atoms with Crippen molar-refractivity contribution < 1.29 is 9.90 Å². The Balaban J connectivity index is 1.82. The Labute approximate surface area is 84.9 Å². The number of amides is 1. The van der Waals surface area contributed by atoms with E-state index in [4.69, 9.17) is 0 Å². The van der Waals surface area contributed by atoms with E-state index in [-0.39, 0.29) is 17.9 Å². The Morgan fingerprint density at radius 3 is 2.43 bits per heavy atom. The van der Waals surface area contributed by atoms with Gasteiger partial charge in [0.25, 0.3) is 0 Å². The van der Waals surface area contributed by atoms with Gasteiger partial charge in [0.1, 0.15) is 0 Å². The predicted octanol–water partition coefficient (Wildman–Crippen LogP) is 1.21. The summed E-state index contributed by atoms with van der Waals surface area (Å²) in [5, 5.41) is 12.7. The number of nitrogens with one attached hydrogen (secondary N) is 1. The van der Waals surface area contributed by atoms with Gasteiger partial charge < -0.3 is 10.4 Å². The van der Waals surface area contributed by atoms with Crippen molar-refractivity contribution in [3.05, 3.63) is 0 Å². The van der Waals surface area contributed by atoms with Gasteiger partial charge in [-0.2, -0.15) is 0 Å². The van der Waals surface area contributed by atoms with Crippen LogP contribution < -0.4 is 5.32 Å². The van der Waals surface area contributed by atoms with Gasteiger partial charge in [0, 0.05) is 5.92 Å². The monoisotopic (exact) mass is 197 g/mol. The quantitative estimate of drug-likeness (QED) is 0.699. The zero-order valence-corrected chi connectivity index (χ0v) is 8.75. The summed E-state index contributed by atoms with van der Waals surface area (Å²) in [6.07, 6.45) is 6.15. The molecule has 0 radical (unpaired) electrons. The van der Waals surface area contributed by atoms with E-state index in [1.165, 1.54) is 12.8 Å². The van der Waals surface area contributed by atoms with Crippen molar-refractivity contribution in [1.29, 1.82) is 0 Å². The molecule has 0 aromatic heterocycles. The summed E-state index contributed by atoms with van der Waals surface area (Å²) >= 11 is 0. The Kier molecular flexibility index (Phi) is 2.52. The van der Waals surface area contributed by atoms with Crippen LogP contribution in [0.15, 0.2) is 0 Å². The molecule has 0 spiro atoms. The maximum absolute atomic E-state index is 11.7. The third-order valence-electron chi connectivity index (χ3n) is 3.73. The largest absolute Gasteiger partial charge is 0.388 e. The second kappa shape index (κ2) is 3.54. The van der Waals surface area contributed by atoms with E-state index in [0.29, 0.717) is 0 Å². The summed E-state index contributed by atoms with van der Waals surface area (Å²) < 4.78 is 0. The minimum atomic E-state index is -0.658. The lowest BCUT2D eigenvalue weighted by Crippen LogP contribution is -2.59. The maximum Gasteiger partial charge on any atom is 0.223 e. The van der Waals surface area contributed by atoms with Crippen LogP contribution in [-0.4, -0.2) is 22.7 Å². The van der Waals surface area contributed by atoms with Crippen LogP contribution in [0.5, 0.6) is 0 Å². The normalized spacial score (nSPS) is 38.0. The Hall–Kier alpha value is -0.570. The fourth-order valence-corrected chi connectivity index (χ4v) is 2.41. The second-order valence-electron chi connectivity index (χ2n) is 4.94. The highest BCUT2D eigenvalue weighted by Crippen LogP contribution is 2.32. The third-order valence-corrected chi connectivity index (χ3v) is 3.73. The molecule has 0 aliphatic heterocycles. The average Bonchev–Trinajstić information content (AvgIpc) is 2.65. The summed E-state index contributed by atoms with van der Waals surface area (Å²) in [4.78, 5) is 11.7. The first-order valence-electron chi connectivity index (χ1n) is 5.62. The van der Waals surface area contributed by atoms with Crippen LogP contribution in [0.4, 0.5) is 0 Å². The molecule has 3 nitrogen and oxygen atoms in total. The molecule has 0 heterocycles. The van der Waals surface area contributed by atoms with Crippen molar-refractivity contribution in [2.75, 3.05) is 0 Å². The summed E-state index contributed by atoms with van der Waals surface area (Å²) in [5.74, 6) is 0.374. The Bertz CT molecular complexity index is 231. The van der Waals surface area contributed by atoms with Gasteiger partial charge in [0.2, 0.25) is 5.91 Å². The lowest BCUT2D eigenvalue weighted by Gasteiger charge is -2.43. The molecule has 2 aliphatic carbocycles. The smallest absolute Gasteiger partial charge is 0.223 e. The number of carbonyl (C=O) groups excluding carboxylic acids is 1. The van der Waals surface area contributed by atoms with E-state index in [9.17, 15) is 9.90 Å². The van der Waals surface area contributed by atoms with Crippen molar-refractivity contribution >= 4 is 5.91 Å². The van der Waals surface area contributed by atoms with Crippen molar-refractivity contribution in [2.45, 2.75) is 57.1 Å². The fraction of sp³-hybridized carbons (Fsp3) is 0.909. The molecule has 2 saturated carbocycles. The molecule has 0 aromatic carbocycles. The third kappa shape index (κ3) is 1.78. The van der Waals surface area contributed by atoms with Crippen LogP contribution in [-0.2, 0) is 4.79 Å². The van der Waals surface area contributed by atoms with E-state index in [1.807, 2.05) is 0 Å². The number of hydrogen-bond donors (Lipinski definition) is 2. The van der Waals surface area contributed by atoms with Gasteiger partial charge in [-0.3, -0.25) is 4.79 Å². The standard InChI is InChI=1S/C11H19NO2/c1-11(14)7-6-9(11)12-10(13)8-4-2-3-5-8/h8-9,14H,2-7H2,1H3,(H,12,13)/t9-,11-/m1/s1. The molecule has 2 aliphatic rings. The number of aliphatic hydroxyl groups is 1. The highest BCUT2D eigenvalue weighted by atomic mass is 16.3. The van der Waals surface area contributed by atoms with E-state index in [2.05, 4.69) is 5.32 Å². The average molecular weight is 197 g/mol. The molecule has 80 valence electrons. The minimum Gasteiger partial charge on any atom is -0.388 e. The number of hydrogen-bond acceptors (Lipinski definition) is 2. The van der Waals surface area contributed by atoms with Crippen molar-refractivity contribution in [2.24, 2.45) is 5.92 Å². The van der Waals surface area contributed by atoms with E-state index < -0.39 is 5.60 Å². The topological polar surface area (TPSA) is 49.3 Å². The molecule has 0 aromatic rings. The molecule has 2 rings (SSSR count). The van der Waals surface area contributed by atoms with E-state index in [1.54, 1.807) is 6.92 Å². The van der Waals surface area contributed by atoms with Crippen LogP contribution in [0.25, 0.3) is 0 Å². The van der Waals surface area contributed by atoms with Crippen LogP contribution in [0.3, 0.4) is 0 Å². The Morgan fingerprint density at radius 1 is 1.36 bits per heavy atom. The van der Waals surface area contributed by atoms with Gasteiger partial charge in [-0.05, 0) is 32.6 Å². The molecule has 2 N–H and O–H groups in total. The molecule has 0 bridgehead atoms. The van der Waals surface area contributed by atoms with Gasteiger partial charge >= 0.3 is 0 Å². The summed E-state index contributed by atoms with van der Waals surface area (Å²) in [5.41, 5.74) is -0.658. The van der Waals surface area contributed by atoms with Crippen LogP contribution in [0, 0.1) is 5.92 Å². The van der Waals surface area contributed by atoms with Gasteiger partial charge in [-0.25, -0.2) is 0 Å². The molecule has 2 fully saturated rings. The highest BCUT2D eigenvalue weighted by molar-refractivity contribution is 5.79. The molecule has 2 atom stereocenters. The van der Waals surface area contributed by atoms with E-state index >= 15 is 0 Å². The van der Waals surface area contributed by atoms with Gasteiger partial charge in [-0.15, -0.1) is 0 Å². The molecule has 0 saturated heterocycles. The first-order valence-corrected chi connectivity index (χ1v) is 5.62. The van der Waals surface area contributed by atoms with Gasteiger partial charge in [-0.1, -0.05) is 12.8 Å². The van der Waals surface area contributed by atoms with Crippen molar-refractivity contribution in [3.63, 3.8) is 0 Å². The lowest BCUT2D eigenvalue weighted by atomic mass is 9.76. The van der Waals surface area contributed by atoms with Crippen LogP contribution in [0.1, 0.15) is 45.4 Å². The summed E-state index contributed by atoms with van der Waals surface area (Å²) in [7, 11) is 0. The minimum absolute atomic E-state index is 0.00407. The zero-order chi connectivity index (χ0) is 10.2. The summed E-state index contributed by atoms with van der Waals surface area (Å²) in [6.45, 7) is 1.80. The van der Waals surface area contributed by atoms with Crippen molar-refractivity contribution in [1.82, 2.24) is 5.32 Å².